The lowest BCUT2D eigenvalue weighted by Gasteiger charge is -2.05. The maximum absolute atomic E-state index is 12.4. The summed E-state index contributed by atoms with van der Waals surface area (Å²) < 4.78 is 37.2. The van der Waals surface area contributed by atoms with Crippen LogP contribution in [0.4, 0.5) is 18.3 Å². The highest BCUT2D eigenvalue weighted by Crippen LogP contribution is 2.33. The van der Waals surface area contributed by atoms with Gasteiger partial charge in [0.15, 0.2) is 0 Å². The summed E-state index contributed by atoms with van der Waals surface area (Å²) in [7, 11) is 0. The summed E-state index contributed by atoms with van der Waals surface area (Å²) in [5, 5.41) is 7.36. The predicted molar refractivity (Wildman–Crippen MR) is 76.1 cm³/mol. The Morgan fingerprint density at radius 1 is 1.38 bits per heavy atom. The minimum absolute atomic E-state index is 0.160. The van der Waals surface area contributed by atoms with Gasteiger partial charge < -0.3 is 0 Å². The van der Waals surface area contributed by atoms with Crippen LogP contribution in [0.5, 0.6) is 0 Å². The standard InChI is InChI=1S/C11H7ClF3N3OS2/c1-20-5-2-3-7(12)6(4-5)8(19)16-10-18-17-9(21-10)11(13,14)15/h2-4H,1H3,(H,16,18,19). The maximum atomic E-state index is 12.4. The van der Waals surface area contributed by atoms with E-state index in [4.69, 9.17) is 11.6 Å². The predicted octanol–water partition coefficient (Wildman–Crippen LogP) is 4.18. The van der Waals surface area contributed by atoms with Crippen molar-refractivity contribution in [2.24, 2.45) is 0 Å². The van der Waals surface area contributed by atoms with Crippen molar-refractivity contribution in [1.82, 2.24) is 10.2 Å². The van der Waals surface area contributed by atoms with E-state index in [2.05, 4.69) is 15.5 Å². The van der Waals surface area contributed by atoms with E-state index in [0.29, 0.717) is 0 Å². The number of carbonyl (C=O) groups is 1. The Kier molecular flexibility index (Phi) is 4.74. The molecule has 10 heteroatoms. The van der Waals surface area contributed by atoms with Crippen LogP contribution in [0, 0.1) is 0 Å². The Labute approximate surface area is 130 Å². The van der Waals surface area contributed by atoms with Crippen LogP contribution in [0.25, 0.3) is 0 Å². The molecule has 0 spiro atoms. The third kappa shape index (κ3) is 3.86. The van der Waals surface area contributed by atoms with Gasteiger partial charge in [-0.15, -0.1) is 22.0 Å². The lowest BCUT2D eigenvalue weighted by molar-refractivity contribution is -0.138. The molecule has 2 aromatic rings. The number of aromatic nitrogens is 2. The molecule has 1 amide bonds. The number of rotatable bonds is 3. The van der Waals surface area contributed by atoms with Gasteiger partial charge in [-0.3, -0.25) is 10.1 Å². The van der Waals surface area contributed by atoms with Crippen molar-refractivity contribution in [3.63, 3.8) is 0 Å². The number of anilines is 1. The first kappa shape index (κ1) is 16.1. The van der Waals surface area contributed by atoms with Gasteiger partial charge in [-0.05, 0) is 24.5 Å². The van der Waals surface area contributed by atoms with Crippen LogP contribution in [0.2, 0.25) is 5.02 Å². The fourth-order valence-corrected chi connectivity index (χ4v) is 2.61. The molecule has 1 heterocycles. The van der Waals surface area contributed by atoms with E-state index < -0.39 is 17.1 Å². The second-order valence-electron chi connectivity index (χ2n) is 3.71. The SMILES string of the molecule is CSc1ccc(Cl)c(C(=O)Nc2nnc(C(F)(F)F)s2)c1. The second kappa shape index (κ2) is 6.20. The maximum Gasteiger partial charge on any atom is 0.445 e. The van der Waals surface area contributed by atoms with Gasteiger partial charge in [0.1, 0.15) is 0 Å². The summed E-state index contributed by atoms with van der Waals surface area (Å²) in [6.45, 7) is 0. The van der Waals surface area contributed by atoms with Gasteiger partial charge >= 0.3 is 6.18 Å². The van der Waals surface area contributed by atoms with Crippen LogP contribution < -0.4 is 5.32 Å². The van der Waals surface area contributed by atoms with Crippen LogP contribution in [0.3, 0.4) is 0 Å². The Balaban J connectivity index is 2.20. The molecule has 0 saturated carbocycles. The average Bonchev–Trinajstić information content (AvgIpc) is 2.87. The molecule has 1 N–H and O–H groups in total. The number of hydrogen-bond donors (Lipinski definition) is 1. The van der Waals surface area contributed by atoms with Crippen molar-refractivity contribution < 1.29 is 18.0 Å². The molecule has 0 radical (unpaired) electrons. The number of halogens is 4. The first-order chi connectivity index (χ1) is 9.81. The molecule has 0 atom stereocenters. The Morgan fingerprint density at radius 2 is 2.10 bits per heavy atom. The zero-order valence-electron chi connectivity index (χ0n) is 10.4. The average molecular weight is 354 g/mol. The Morgan fingerprint density at radius 3 is 2.67 bits per heavy atom. The summed E-state index contributed by atoms with van der Waals surface area (Å²) in [4.78, 5) is 12.8. The zero-order valence-corrected chi connectivity index (χ0v) is 12.8. The molecule has 2 rings (SSSR count). The molecular weight excluding hydrogens is 347 g/mol. The number of hydrogen-bond acceptors (Lipinski definition) is 5. The molecule has 0 aliphatic heterocycles. The van der Waals surface area contributed by atoms with E-state index in [0.717, 1.165) is 4.90 Å². The third-order valence-electron chi connectivity index (χ3n) is 2.31. The zero-order chi connectivity index (χ0) is 15.6. The summed E-state index contributed by atoms with van der Waals surface area (Å²) in [6.07, 6.45) is -2.76. The number of benzene rings is 1. The molecule has 0 saturated heterocycles. The van der Waals surface area contributed by atoms with Crippen molar-refractivity contribution >= 4 is 45.7 Å². The number of thioether (sulfide) groups is 1. The van der Waals surface area contributed by atoms with Crippen LogP contribution >= 0.6 is 34.7 Å². The molecule has 4 nitrogen and oxygen atoms in total. The van der Waals surface area contributed by atoms with Gasteiger partial charge in [0.2, 0.25) is 10.1 Å². The van der Waals surface area contributed by atoms with Crippen molar-refractivity contribution in [3.05, 3.63) is 33.8 Å². The van der Waals surface area contributed by atoms with E-state index in [-0.39, 0.29) is 27.1 Å². The van der Waals surface area contributed by atoms with E-state index >= 15 is 0 Å². The molecule has 112 valence electrons. The monoisotopic (exact) mass is 353 g/mol. The highest BCUT2D eigenvalue weighted by molar-refractivity contribution is 7.98. The molecular formula is C11H7ClF3N3OS2. The molecule has 0 unspecified atom stereocenters. The van der Waals surface area contributed by atoms with Crippen molar-refractivity contribution in [2.45, 2.75) is 11.1 Å². The van der Waals surface area contributed by atoms with Gasteiger partial charge in [0.05, 0.1) is 10.6 Å². The van der Waals surface area contributed by atoms with Crippen LogP contribution in [0.15, 0.2) is 23.1 Å². The number of carbonyl (C=O) groups excluding carboxylic acids is 1. The smallest absolute Gasteiger partial charge is 0.296 e. The first-order valence-corrected chi connectivity index (χ1v) is 7.79. The molecule has 1 aromatic heterocycles. The van der Waals surface area contributed by atoms with Crippen molar-refractivity contribution in [2.75, 3.05) is 11.6 Å². The van der Waals surface area contributed by atoms with Crippen LogP contribution in [0.1, 0.15) is 15.4 Å². The normalized spacial score (nSPS) is 11.5. The molecule has 0 fully saturated rings. The Bertz CT molecular complexity index is 675. The van der Waals surface area contributed by atoms with Crippen molar-refractivity contribution in [1.29, 1.82) is 0 Å². The number of nitrogens with zero attached hydrogens (tertiary/aromatic N) is 2. The van der Waals surface area contributed by atoms with E-state index in [1.807, 2.05) is 6.26 Å². The van der Waals surface area contributed by atoms with Gasteiger partial charge in [-0.25, -0.2) is 0 Å². The summed E-state index contributed by atoms with van der Waals surface area (Å²) >= 11 is 7.57. The van der Waals surface area contributed by atoms with Gasteiger partial charge in [0, 0.05) is 4.90 Å². The fourth-order valence-electron chi connectivity index (χ4n) is 1.36. The third-order valence-corrected chi connectivity index (χ3v) is 4.24. The van der Waals surface area contributed by atoms with Crippen LogP contribution in [-0.2, 0) is 6.18 Å². The van der Waals surface area contributed by atoms with E-state index in [1.54, 1.807) is 18.2 Å². The second-order valence-corrected chi connectivity index (χ2v) is 5.97. The molecule has 0 aliphatic carbocycles. The van der Waals surface area contributed by atoms with Gasteiger partial charge in [-0.1, -0.05) is 22.9 Å². The highest BCUT2D eigenvalue weighted by Gasteiger charge is 2.35. The number of nitrogens with one attached hydrogen (secondary N) is 1. The molecule has 1 aromatic carbocycles. The lowest BCUT2D eigenvalue weighted by atomic mass is 10.2. The number of alkyl halides is 3. The van der Waals surface area contributed by atoms with Gasteiger partial charge in [-0.2, -0.15) is 13.2 Å². The van der Waals surface area contributed by atoms with E-state index in [9.17, 15) is 18.0 Å². The topological polar surface area (TPSA) is 54.9 Å². The summed E-state index contributed by atoms with van der Waals surface area (Å²) in [5.74, 6) is -0.638. The lowest BCUT2D eigenvalue weighted by Crippen LogP contribution is -2.12. The largest absolute Gasteiger partial charge is 0.445 e. The van der Waals surface area contributed by atoms with Crippen LogP contribution in [-0.4, -0.2) is 22.4 Å². The first-order valence-electron chi connectivity index (χ1n) is 5.37. The van der Waals surface area contributed by atoms with E-state index in [1.165, 1.54) is 11.8 Å². The minimum Gasteiger partial charge on any atom is -0.296 e. The quantitative estimate of drug-likeness (QED) is 0.841. The number of amides is 1. The molecule has 21 heavy (non-hydrogen) atoms. The molecule has 0 bridgehead atoms. The highest BCUT2D eigenvalue weighted by atomic mass is 35.5. The fraction of sp³-hybridized carbons (Fsp3) is 0.182. The minimum atomic E-state index is -4.59. The van der Waals surface area contributed by atoms with Crippen molar-refractivity contribution in [3.8, 4) is 0 Å². The summed E-state index contributed by atoms with van der Waals surface area (Å²) in [5.41, 5.74) is 0.160. The van der Waals surface area contributed by atoms with Gasteiger partial charge in [0.25, 0.3) is 5.91 Å². The Hall–Kier alpha value is -1.32. The summed E-state index contributed by atoms with van der Waals surface area (Å²) in [6, 6.07) is 4.83. The molecule has 0 aliphatic rings.